The van der Waals surface area contributed by atoms with Crippen LogP contribution in [0.1, 0.15) is 22.8 Å². The molecule has 0 unspecified atom stereocenters. The molecule has 0 fully saturated rings. The molecule has 6 heteroatoms. The normalized spacial score (nSPS) is 12.9. The summed E-state index contributed by atoms with van der Waals surface area (Å²) >= 11 is 0. The summed E-state index contributed by atoms with van der Waals surface area (Å²) < 4.78 is 4.95. The molecule has 0 spiro atoms. The van der Waals surface area contributed by atoms with Crippen molar-refractivity contribution in [3.05, 3.63) is 35.4 Å². The van der Waals surface area contributed by atoms with E-state index in [1.807, 2.05) is 18.2 Å². The number of hydrogen-bond acceptors (Lipinski definition) is 4. The van der Waals surface area contributed by atoms with Gasteiger partial charge in [0.1, 0.15) is 11.4 Å². The lowest BCUT2D eigenvalue weighted by Gasteiger charge is -2.02. The van der Waals surface area contributed by atoms with Gasteiger partial charge in [-0.3, -0.25) is 4.79 Å². The third kappa shape index (κ3) is 2.35. The zero-order valence-electron chi connectivity index (χ0n) is 11.5. The summed E-state index contributed by atoms with van der Waals surface area (Å²) in [7, 11) is 0. The summed E-state index contributed by atoms with van der Waals surface area (Å²) in [4.78, 5) is 26.1. The fourth-order valence-electron chi connectivity index (χ4n) is 2.40. The maximum atomic E-state index is 11.8. The van der Waals surface area contributed by atoms with Crippen molar-refractivity contribution in [2.75, 3.05) is 17.7 Å². The van der Waals surface area contributed by atoms with Gasteiger partial charge in [0.2, 0.25) is 5.91 Å². The topological polar surface area (TPSA) is 97.2 Å². The summed E-state index contributed by atoms with van der Waals surface area (Å²) in [6, 6.07) is 7.29. The zero-order valence-corrected chi connectivity index (χ0v) is 11.5. The number of rotatable bonds is 3. The molecule has 0 saturated heterocycles. The number of hydrogen-bond donors (Lipinski definition) is 3. The summed E-state index contributed by atoms with van der Waals surface area (Å²) in [5.74, 6) is -0.186. The molecule has 0 atom stereocenters. The van der Waals surface area contributed by atoms with Crippen LogP contribution in [0.4, 0.5) is 11.5 Å². The molecule has 1 aliphatic rings. The number of benzene rings is 1. The first kappa shape index (κ1) is 13.2. The fraction of sp³-hybridized carbons (Fsp3) is 0.200. The van der Waals surface area contributed by atoms with Crippen molar-refractivity contribution >= 4 is 23.4 Å². The Bertz CT molecular complexity index is 734. The van der Waals surface area contributed by atoms with Crippen LogP contribution in [0.25, 0.3) is 11.3 Å². The van der Waals surface area contributed by atoms with Crippen molar-refractivity contribution in [1.29, 1.82) is 0 Å². The van der Waals surface area contributed by atoms with Crippen molar-refractivity contribution in [3.63, 3.8) is 0 Å². The Labute approximate surface area is 121 Å². The fourth-order valence-corrected chi connectivity index (χ4v) is 2.40. The lowest BCUT2D eigenvalue weighted by atomic mass is 10.1. The molecule has 1 aliphatic heterocycles. The van der Waals surface area contributed by atoms with Crippen LogP contribution < -0.4 is 11.1 Å². The Hall–Kier alpha value is -2.76. The minimum absolute atomic E-state index is 0.0136. The zero-order chi connectivity index (χ0) is 15.0. The highest BCUT2D eigenvalue weighted by Crippen LogP contribution is 2.30. The highest BCUT2D eigenvalue weighted by Gasteiger charge is 2.19. The Morgan fingerprint density at radius 3 is 2.95 bits per heavy atom. The summed E-state index contributed by atoms with van der Waals surface area (Å²) in [5.41, 5.74) is 9.49. The molecular weight excluding hydrogens is 270 g/mol. The van der Waals surface area contributed by atoms with Gasteiger partial charge in [-0.15, -0.1) is 0 Å². The number of esters is 1. The maximum absolute atomic E-state index is 11.8. The molecule has 108 valence electrons. The number of anilines is 2. The highest BCUT2D eigenvalue weighted by atomic mass is 16.5. The Morgan fingerprint density at radius 2 is 2.19 bits per heavy atom. The number of nitrogen functional groups attached to an aromatic ring is 1. The minimum Gasteiger partial charge on any atom is -0.462 e. The number of ether oxygens (including phenoxy) is 1. The van der Waals surface area contributed by atoms with Crippen LogP contribution >= 0.6 is 0 Å². The van der Waals surface area contributed by atoms with Gasteiger partial charge < -0.3 is 20.8 Å². The van der Waals surface area contributed by atoms with Crippen molar-refractivity contribution in [2.24, 2.45) is 0 Å². The number of carbonyl (C=O) groups excluding carboxylic acids is 2. The largest absolute Gasteiger partial charge is 0.462 e. The van der Waals surface area contributed by atoms with E-state index in [1.165, 1.54) is 0 Å². The van der Waals surface area contributed by atoms with Crippen LogP contribution in [0, 0.1) is 0 Å². The van der Waals surface area contributed by atoms with E-state index in [-0.39, 0.29) is 11.7 Å². The van der Waals surface area contributed by atoms with Crippen molar-refractivity contribution in [1.82, 2.24) is 4.98 Å². The van der Waals surface area contributed by atoms with Gasteiger partial charge >= 0.3 is 5.97 Å². The van der Waals surface area contributed by atoms with Gasteiger partial charge in [0.05, 0.1) is 13.0 Å². The minimum atomic E-state index is -0.449. The quantitative estimate of drug-likeness (QED) is 0.751. The molecule has 6 nitrogen and oxygen atoms in total. The van der Waals surface area contributed by atoms with Gasteiger partial charge in [0, 0.05) is 11.4 Å². The van der Waals surface area contributed by atoms with Gasteiger partial charge in [-0.1, -0.05) is 6.07 Å². The van der Waals surface area contributed by atoms with E-state index in [9.17, 15) is 9.59 Å². The smallest absolute Gasteiger partial charge is 0.341 e. The second kappa shape index (κ2) is 4.97. The van der Waals surface area contributed by atoms with Crippen LogP contribution in [0.5, 0.6) is 0 Å². The summed E-state index contributed by atoms with van der Waals surface area (Å²) in [6.45, 7) is 2.04. The molecule has 1 aromatic heterocycles. The number of amides is 1. The number of fused-ring (bicyclic) bond motifs is 1. The molecular formula is C15H15N3O3. The molecule has 1 aromatic carbocycles. The van der Waals surface area contributed by atoms with Crippen LogP contribution in [0.3, 0.4) is 0 Å². The highest BCUT2D eigenvalue weighted by molar-refractivity contribution is 6.00. The predicted octanol–water partition coefficient (Wildman–Crippen LogP) is 1.94. The number of H-pyrrole nitrogens is 1. The van der Waals surface area contributed by atoms with Crippen molar-refractivity contribution in [2.45, 2.75) is 13.3 Å². The summed E-state index contributed by atoms with van der Waals surface area (Å²) in [5, 5.41) is 2.78. The van der Waals surface area contributed by atoms with E-state index >= 15 is 0 Å². The average Bonchev–Trinajstić information content (AvgIpc) is 3.00. The Morgan fingerprint density at radius 1 is 1.38 bits per heavy atom. The first-order valence-corrected chi connectivity index (χ1v) is 6.67. The standard InChI is InChI=1S/C15H15N3O3/c1-2-21-15(20)10-7-12(18-14(10)16)8-3-4-11-9(5-8)6-13(19)17-11/h3-5,7,18H,2,6,16H2,1H3,(H,17,19). The molecule has 0 radical (unpaired) electrons. The lowest BCUT2D eigenvalue weighted by Crippen LogP contribution is -2.05. The number of aromatic nitrogens is 1. The van der Waals surface area contributed by atoms with Crippen LogP contribution in [0.2, 0.25) is 0 Å². The molecule has 3 rings (SSSR count). The second-order valence-electron chi connectivity index (χ2n) is 4.83. The average molecular weight is 285 g/mol. The van der Waals surface area contributed by atoms with Crippen molar-refractivity contribution < 1.29 is 14.3 Å². The van der Waals surface area contributed by atoms with Crippen molar-refractivity contribution in [3.8, 4) is 11.3 Å². The maximum Gasteiger partial charge on any atom is 0.341 e. The van der Waals surface area contributed by atoms with E-state index in [1.54, 1.807) is 13.0 Å². The molecule has 0 saturated carbocycles. The SMILES string of the molecule is CCOC(=O)c1cc(-c2ccc3c(c2)CC(=O)N3)[nH]c1N. The van der Waals surface area contributed by atoms with Gasteiger partial charge in [0.15, 0.2) is 0 Å². The molecule has 4 N–H and O–H groups in total. The van der Waals surface area contributed by atoms with Gasteiger partial charge in [-0.25, -0.2) is 4.79 Å². The van der Waals surface area contributed by atoms with E-state index < -0.39 is 5.97 Å². The summed E-state index contributed by atoms with van der Waals surface area (Å²) in [6.07, 6.45) is 0.365. The second-order valence-corrected chi connectivity index (χ2v) is 4.83. The first-order chi connectivity index (χ1) is 10.1. The molecule has 2 heterocycles. The number of aromatic amines is 1. The first-order valence-electron chi connectivity index (χ1n) is 6.67. The number of nitrogens with one attached hydrogen (secondary N) is 2. The van der Waals surface area contributed by atoms with E-state index in [0.717, 1.165) is 22.5 Å². The number of nitrogens with two attached hydrogens (primary N) is 1. The third-order valence-corrected chi connectivity index (χ3v) is 3.38. The molecule has 1 amide bonds. The Kier molecular flexibility index (Phi) is 3.13. The lowest BCUT2D eigenvalue weighted by molar-refractivity contribution is -0.115. The monoisotopic (exact) mass is 285 g/mol. The van der Waals surface area contributed by atoms with Crippen LogP contribution in [-0.2, 0) is 16.0 Å². The van der Waals surface area contributed by atoms with Crippen LogP contribution in [-0.4, -0.2) is 23.5 Å². The third-order valence-electron chi connectivity index (χ3n) is 3.38. The predicted molar refractivity (Wildman–Crippen MR) is 78.9 cm³/mol. The van der Waals surface area contributed by atoms with Gasteiger partial charge in [-0.05, 0) is 36.2 Å². The van der Waals surface area contributed by atoms with E-state index in [0.29, 0.717) is 18.6 Å². The Balaban J connectivity index is 1.95. The van der Waals surface area contributed by atoms with E-state index in [2.05, 4.69) is 10.3 Å². The van der Waals surface area contributed by atoms with E-state index in [4.69, 9.17) is 10.5 Å². The van der Waals surface area contributed by atoms with Gasteiger partial charge in [0.25, 0.3) is 0 Å². The molecule has 0 bridgehead atoms. The van der Waals surface area contributed by atoms with Crippen LogP contribution in [0.15, 0.2) is 24.3 Å². The molecule has 21 heavy (non-hydrogen) atoms. The van der Waals surface area contributed by atoms with Gasteiger partial charge in [-0.2, -0.15) is 0 Å². The molecule has 2 aromatic rings. The molecule has 0 aliphatic carbocycles. The number of carbonyl (C=O) groups is 2.